The van der Waals surface area contributed by atoms with Gasteiger partial charge in [0.15, 0.2) is 0 Å². The van der Waals surface area contributed by atoms with E-state index in [1.54, 1.807) is 0 Å². The molecule has 0 aromatic rings. The maximum atomic E-state index is 11.8. The number of amides is 3. The van der Waals surface area contributed by atoms with Crippen molar-refractivity contribution in [3.8, 4) is 0 Å². The third-order valence-corrected chi connectivity index (χ3v) is 3.51. The summed E-state index contributed by atoms with van der Waals surface area (Å²) in [7, 11) is 0. The smallest absolute Gasteiger partial charge is 0.321 e. The number of hydrogen-bond donors (Lipinski definition) is 3. The van der Waals surface area contributed by atoms with Crippen molar-refractivity contribution in [2.75, 3.05) is 52.4 Å². The summed E-state index contributed by atoms with van der Waals surface area (Å²) in [5, 5.41) is 13.9. The van der Waals surface area contributed by atoms with E-state index in [2.05, 4.69) is 29.4 Å². The molecule has 0 bridgehead atoms. The highest BCUT2D eigenvalue weighted by Gasteiger charge is 2.19. The van der Waals surface area contributed by atoms with E-state index in [1.165, 1.54) is 0 Å². The number of aliphatic hydroxyl groups excluding tert-OH is 1. The first kappa shape index (κ1) is 17.9. The quantitative estimate of drug-likeness (QED) is 0.588. The van der Waals surface area contributed by atoms with Crippen molar-refractivity contribution in [1.29, 1.82) is 0 Å². The van der Waals surface area contributed by atoms with Crippen molar-refractivity contribution in [3.63, 3.8) is 0 Å². The summed E-state index contributed by atoms with van der Waals surface area (Å²) in [5.41, 5.74) is 0. The topological polar surface area (TPSA) is 84.9 Å². The van der Waals surface area contributed by atoms with Crippen LogP contribution in [0.2, 0.25) is 0 Å². The second kappa shape index (κ2) is 9.70. The number of β-amino-alcohol motifs (C(OH)–C–C–N with tert-alkyl or cyclic N) is 1. The summed E-state index contributed by atoms with van der Waals surface area (Å²) >= 11 is 0. The van der Waals surface area contributed by atoms with Crippen LogP contribution in [-0.2, 0) is 4.79 Å². The van der Waals surface area contributed by atoms with Crippen molar-refractivity contribution < 1.29 is 14.7 Å². The van der Waals surface area contributed by atoms with Gasteiger partial charge in [0.2, 0.25) is 5.91 Å². The van der Waals surface area contributed by atoms with Gasteiger partial charge in [-0.25, -0.2) is 4.79 Å². The first-order valence-electron chi connectivity index (χ1n) is 7.64. The van der Waals surface area contributed by atoms with Crippen LogP contribution >= 0.6 is 0 Å². The number of piperazine rings is 1. The Kier molecular flexibility index (Phi) is 8.26. The van der Waals surface area contributed by atoms with Gasteiger partial charge in [0, 0.05) is 39.3 Å². The first-order valence-corrected chi connectivity index (χ1v) is 7.64. The Bertz CT molecular complexity index is 328. The molecule has 1 aliphatic rings. The second-order valence-corrected chi connectivity index (χ2v) is 5.83. The van der Waals surface area contributed by atoms with Crippen LogP contribution in [0.15, 0.2) is 0 Å². The van der Waals surface area contributed by atoms with Crippen LogP contribution in [0.3, 0.4) is 0 Å². The van der Waals surface area contributed by atoms with Crippen molar-refractivity contribution >= 4 is 11.9 Å². The fourth-order valence-corrected chi connectivity index (χ4v) is 2.20. The lowest BCUT2D eigenvalue weighted by Gasteiger charge is -2.33. The summed E-state index contributed by atoms with van der Waals surface area (Å²) < 4.78 is 0. The summed E-state index contributed by atoms with van der Waals surface area (Å²) in [6, 6.07) is -0.417. The van der Waals surface area contributed by atoms with Gasteiger partial charge in [0.05, 0.1) is 13.2 Å². The highest BCUT2D eigenvalue weighted by atomic mass is 16.3. The van der Waals surface area contributed by atoms with Crippen molar-refractivity contribution in [2.45, 2.75) is 20.3 Å². The van der Waals surface area contributed by atoms with Crippen molar-refractivity contribution in [2.24, 2.45) is 5.92 Å². The lowest BCUT2D eigenvalue weighted by molar-refractivity contribution is -0.121. The standard InChI is InChI=1S/C14H28N4O3/c1-12(2)3-4-15-14(21)16-13(20)11-18-7-5-17(6-8-18)9-10-19/h12,19H,3-11H2,1-2H3,(H2,15,16,20,21). The van der Waals surface area contributed by atoms with Gasteiger partial charge in [-0.15, -0.1) is 0 Å². The molecule has 0 saturated carbocycles. The average Bonchev–Trinajstić information content (AvgIpc) is 2.40. The van der Waals surface area contributed by atoms with E-state index < -0.39 is 6.03 Å². The third-order valence-electron chi connectivity index (χ3n) is 3.51. The van der Waals surface area contributed by atoms with Crippen molar-refractivity contribution in [1.82, 2.24) is 20.4 Å². The molecule has 0 aliphatic carbocycles. The minimum atomic E-state index is -0.417. The van der Waals surface area contributed by atoms with E-state index in [0.717, 1.165) is 32.6 Å². The average molecular weight is 300 g/mol. The number of imide groups is 1. The van der Waals surface area contributed by atoms with Gasteiger partial charge in [-0.3, -0.25) is 19.9 Å². The van der Waals surface area contributed by atoms with Crippen LogP contribution in [0.1, 0.15) is 20.3 Å². The number of nitrogens with zero attached hydrogens (tertiary/aromatic N) is 2. The maximum absolute atomic E-state index is 11.8. The zero-order chi connectivity index (χ0) is 15.7. The number of nitrogens with one attached hydrogen (secondary N) is 2. The molecule has 0 atom stereocenters. The Hall–Kier alpha value is -1.18. The molecule has 1 saturated heterocycles. The molecule has 0 unspecified atom stereocenters. The third kappa shape index (κ3) is 7.99. The monoisotopic (exact) mass is 300 g/mol. The Labute approximate surface area is 126 Å². The van der Waals surface area contributed by atoms with Gasteiger partial charge in [0.1, 0.15) is 0 Å². The summed E-state index contributed by atoms with van der Waals surface area (Å²) in [4.78, 5) is 27.5. The fourth-order valence-electron chi connectivity index (χ4n) is 2.20. The lowest BCUT2D eigenvalue weighted by Crippen LogP contribution is -2.51. The SMILES string of the molecule is CC(C)CCNC(=O)NC(=O)CN1CCN(CCO)CC1. The second-order valence-electron chi connectivity index (χ2n) is 5.83. The molecule has 7 nitrogen and oxygen atoms in total. The Morgan fingerprint density at radius 1 is 1.14 bits per heavy atom. The maximum Gasteiger partial charge on any atom is 0.321 e. The number of urea groups is 1. The zero-order valence-electron chi connectivity index (χ0n) is 13.1. The molecule has 0 radical (unpaired) electrons. The molecule has 3 N–H and O–H groups in total. The van der Waals surface area contributed by atoms with Gasteiger partial charge in [0.25, 0.3) is 0 Å². The van der Waals surface area contributed by atoms with Gasteiger partial charge in [-0.2, -0.15) is 0 Å². The lowest BCUT2D eigenvalue weighted by atomic mass is 10.1. The number of carbonyl (C=O) groups is 2. The van der Waals surface area contributed by atoms with E-state index in [1.807, 2.05) is 4.90 Å². The number of hydrogen-bond acceptors (Lipinski definition) is 5. The predicted molar refractivity (Wildman–Crippen MR) is 81.0 cm³/mol. The molecule has 0 aromatic carbocycles. The van der Waals surface area contributed by atoms with Crippen LogP contribution in [0.25, 0.3) is 0 Å². The minimum absolute atomic E-state index is 0.164. The van der Waals surface area contributed by atoms with Crippen LogP contribution in [-0.4, -0.2) is 79.3 Å². The number of aliphatic hydroxyl groups is 1. The van der Waals surface area contributed by atoms with Crippen LogP contribution in [0.4, 0.5) is 4.79 Å². The van der Waals surface area contributed by atoms with E-state index in [-0.39, 0.29) is 19.1 Å². The molecular weight excluding hydrogens is 272 g/mol. The Balaban J connectivity index is 2.15. The van der Waals surface area contributed by atoms with Crippen LogP contribution < -0.4 is 10.6 Å². The van der Waals surface area contributed by atoms with Gasteiger partial charge < -0.3 is 10.4 Å². The molecule has 1 aliphatic heterocycles. The molecule has 0 spiro atoms. The van der Waals surface area contributed by atoms with E-state index >= 15 is 0 Å². The fraction of sp³-hybridized carbons (Fsp3) is 0.857. The van der Waals surface area contributed by atoms with Crippen LogP contribution in [0.5, 0.6) is 0 Å². The molecule has 3 amide bonds. The largest absolute Gasteiger partial charge is 0.395 e. The summed E-state index contributed by atoms with van der Waals surface area (Å²) in [5.74, 6) is 0.254. The highest BCUT2D eigenvalue weighted by Crippen LogP contribution is 2.00. The molecule has 7 heteroatoms. The molecule has 122 valence electrons. The molecule has 1 rings (SSSR count). The first-order chi connectivity index (χ1) is 10.0. The Morgan fingerprint density at radius 2 is 1.76 bits per heavy atom. The molecule has 21 heavy (non-hydrogen) atoms. The summed E-state index contributed by atoms with van der Waals surface area (Å²) in [6.07, 6.45) is 0.897. The van der Waals surface area contributed by atoms with Crippen LogP contribution in [0, 0.1) is 5.92 Å². The highest BCUT2D eigenvalue weighted by molar-refractivity contribution is 5.95. The number of rotatable bonds is 7. The van der Waals surface area contributed by atoms with Crippen molar-refractivity contribution in [3.05, 3.63) is 0 Å². The number of carbonyl (C=O) groups excluding carboxylic acids is 2. The molecular formula is C14H28N4O3. The Morgan fingerprint density at radius 3 is 2.33 bits per heavy atom. The van der Waals surface area contributed by atoms with Gasteiger partial charge in [-0.05, 0) is 12.3 Å². The van der Waals surface area contributed by atoms with Gasteiger partial charge in [-0.1, -0.05) is 13.8 Å². The molecule has 1 fully saturated rings. The summed E-state index contributed by atoms with van der Waals surface area (Å²) in [6.45, 7) is 9.08. The minimum Gasteiger partial charge on any atom is -0.395 e. The van der Waals surface area contributed by atoms with E-state index in [4.69, 9.17) is 5.11 Å². The predicted octanol–water partition coefficient (Wildman–Crippen LogP) is -0.532. The molecule has 1 heterocycles. The zero-order valence-corrected chi connectivity index (χ0v) is 13.1. The van der Waals surface area contributed by atoms with E-state index in [9.17, 15) is 9.59 Å². The normalized spacial score (nSPS) is 17.0. The van der Waals surface area contributed by atoms with E-state index in [0.29, 0.717) is 19.0 Å². The molecule has 0 aromatic heterocycles. The van der Waals surface area contributed by atoms with Gasteiger partial charge >= 0.3 is 6.03 Å².